The van der Waals surface area contributed by atoms with Crippen LogP contribution < -0.4 is 0 Å². The number of rotatable bonds is 3. The first kappa shape index (κ1) is 22.0. The normalized spacial score (nSPS) is 25.6. The van der Waals surface area contributed by atoms with E-state index in [1.807, 2.05) is 0 Å². The van der Waals surface area contributed by atoms with Gasteiger partial charge in [-0.15, -0.1) is 0 Å². The van der Waals surface area contributed by atoms with E-state index in [0.29, 0.717) is 19.3 Å². The maximum Gasteiger partial charge on any atom is 0.331 e. The summed E-state index contributed by atoms with van der Waals surface area (Å²) in [6, 6.07) is 6.61. The first-order valence-corrected chi connectivity index (χ1v) is 9.84. The molecule has 2 atom stereocenters. The van der Waals surface area contributed by atoms with E-state index in [0.717, 1.165) is 24.0 Å². The van der Waals surface area contributed by atoms with E-state index in [2.05, 4.69) is 33.4 Å². The van der Waals surface area contributed by atoms with Crippen molar-refractivity contribution in [3.63, 3.8) is 0 Å². The molecular formula is C24H32O4. The van der Waals surface area contributed by atoms with Crippen LogP contribution in [0.3, 0.4) is 0 Å². The number of aromatic hydroxyl groups is 1. The van der Waals surface area contributed by atoms with E-state index in [1.165, 1.54) is 11.6 Å². The van der Waals surface area contributed by atoms with E-state index < -0.39 is 6.10 Å². The Labute approximate surface area is 168 Å². The molecule has 0 amide bonds. The van der Waals surface area contributed by atoms with E-state index in [-0.39, 0.29) is 23.2 Å². The van der Waals surface area contributed by atoms with Crippen molar-refractivity contribution in [2.45, 2.75) is 65.1 Å². The van der Waals surface area contributed by atoms with Gasteiger partial charge in [-0.25, -0.2) is 4.79 Å². The lowest BCUT2D eigenvalue weighted by atomic mass is 9.79. The molecule has 0 unspecified atom stereocenters. The van der Waals surface area contributed by atoms with Crippen LogP contribution in [0.25, 0.3) is 6.08 Å². The lowest BCUT2D eigenvalue weighted by Crippen LogP contribution is -2.29. The number of carbonyl (C=O) groups is 1. The maximum absolute atomic E-state index is 12.4. The first-order valence-electron chi connectivity index (χ1n) is 9.84. The molecule has 0 fully saturated rings. The summed E-state index contributed by atoms with van der Waals surface area (Å²) in [5.74, 6) is -0.201. The van der Waals surface area contributed by atoms with Crippen LogP contribution in [0, 0.1) is 5.41 Å². The third-order valence-corrected chi connectivity index (χ3v) is 5.09. The van der Waals surface area contributed by atoms with Crippen LogP contribution >= 0.6 is 0 Å². The number of allylic oxidation sites excluding steroid dienone is 1. The predicted octanol–water partition coefficient (Wildman–Crippen LogP) is 5.17. The van der Waals surface area contributed by atoms with Gasteiger partial charge in [0, 0.05) is 12.5 Å². The Morgan fingerprint density at radius 3 is 2.61 bits per heavy atom. The fraction of sp³-hybridized carbons (Fsp3) is 0.458. The number of aliphatic hydroxyl groups is 1. The van der Waals surface area contributed by atoms with Crippen molar-refractivity contribution >= 4 is 12.0 Å². The van der Waals surface area contributed by atoms with Crippen LogP contribution in [0.2, 0.25) is 0 Å². The third-order valence-electron chi connectivity index (χ3n) is 5.09. The second-order valence-electron chi connectivity index (χ2n) is 8.52. The van der Waals surface area contributed by atoms with Gasteiger partial charge >= 0.3 is 5.97 Å². The molecule has 1 aliphatic rings. The Bertz CT molecular complexity index is 740. The fourth-order valence-electron chi connectivity index (χ4n) is 3.59. The van der Waals surface area contributed by atoms with Crippen LogP contribution in [0.5, 0.6) is 5.75 Å². The molecule has 1 aromatic rings. The van der Waals surface area contributed by atoms with E-state index in [4.69, 9.17) is 4.74 Å². The van der Waals surface area contributed by atoms with Crippen molar-refractivity contribution in [3.05, 3.63) is 59.7 Å². The van der Waals surface area contributed by atoms with E-state index in [1.54, 1.807) is 30.3 Å². The molecule has 0 saturated carbocycles. The summed E-state index contributed by atoms with van der Waals surface area (Å²) in [5, 5.41) is 19.8. The minimum absolute atomic E-state index is 0.182. The molecule has 28 heavy (non-hydrogen) atoms. The lowest BCUT2D eigenvalue weighted by molar-refractivity contribution is -0.144. The Balaban J connectivity index is 2.09. The molecule has 152 valence electrons. The van der Waals surface area contributed by atoms with E-state index >= 15 is 0 Å². The molecule has 0 heterocycles. The molecule has 0 spiro atoms. The van der Waals surface area contributed by atoms with Crippen molar-refractivity contribution < 1.29 is 19.7 Å². The Hall–Kier alpha value is -2.33. The number of hydrogen-bond donors (Lipinski definition) is 2. The smallest absolute Gasteiger partial charge is 0.331 e. The predicted molar refractivity (Wildman–Crippen MR) is 113 cm³/mol. The molecule has 4 nitrogen and oxygen atoms in total. The summed E-state index contributed by atoms with van der Waals surface area (Å²) in [6.45, 7) is 10.3. The lowest BCUT2D eigenvalue weighted by Gasteiger charge is -2.31. The fourth-order valence-corrected chi connectivity index (χ4v) is 3.59. The van der Waals surface area contributed by atoms with Crippen LogP contribution in [-0.4, -0.2) is 28.4 Å². The van der Waals surface area contributed by atoms with Gasteiger partial charge in [-0.3, -0.25) is 0 Å². The second kappa shape index (κ2) is 9.74. The quantitative estimate of drug-likeness (QED) is 0.428. The number of benzene rings is 1. The molecule has 0 aliphatic heterocycles. The van der Waals surface area contributed by atoms with Crippen LogP contribution in [0.4, 0.5) is 0 Å². The van der Waals surface area contributed by atoms with Crippen molar-refractivity contribution in [3.8, 4) is 5.75 Å². The van der Waals surface area contributed by atoms with Gasteiger partial charge in [0.15, 0.2) is 0 Å². The van der Waals surface area contributed by atoms with Gasteiger partial charge in [0.05, 0.1) is 6.10 Å². The largest absolute Gasteiger partial charge is 0.508 e. The van der Waals surface area contributed by atoms with Crippen LogP contribution in [0.1, 0.15) is 58.4 Å². The van der Waals surface area contributed by atoms with Crippen molar-refractivity contribution in [2.75, 3.05) is 0 Å². The Morgan fingerprint density at radius 1 is 1.25 bits per heavy atom. The molecule has 0 radical (unpaired) electrons. The standard InChI is InChI=1S/C24H32O4/c1-17-6-5-7-18(2)22(26)16-24(3,4)15-21(14-17)28-23(27)13-10-19-8-11-20(25)12-9-19/h6,8-13,21-22,25-26H,2,5,7,14-16H2,1,3-4H3/b13-10+,17-6+/t21-,22+/m0/s1. The Kier molecular flexibility index (Phi) is 7.64. The molecule has 2 rings (SSSR count). The molecule has 4 heteroatoms. The van der Waals surface area contributed by atoms with Gasteiger partial charge in [-0.2, -0.15) is 0 Å². The van der Waals surface area contributed by atoms with Crippen molar-refractivity contribution in [1.29, 1.82) is 0 Å². The average Bonchev–Trinajstić information content (AvgIpc) is 2.60. The van der Waals surface area contributed by atoms with Gasteiger partial charge in [0.2, 0.25) is 0 Å². The molecule has 2 N–H and O–H groups in total. The summed E-state index contributed by atoms with van der Waals surface area (Å²) in [6.07, 6.45) is 8.01. The van der Waals surface area contributed by atoms with Crippen molar-refractivity contribution in [2.24, 2.45) is 5.41 Å². The van der Waals surface area contributed by atoms with Gasteiger partial charge in [-0.05, 0) is 67.4 Å². The Morgan fingerprint density at radius 2 is 1.93 bits per heavy atom. The second-order valence-corrected chi connectivity index (χ2v) is 8.52. The van der Waals surface area contributed by atoms with Crippen molar-refractivity contribution in [1.82, 2.24) is 0 Å². The number of phenols is 1. The summed E-state index contributed by atoms with van der Waals surface area (Å²) >= 11 is 0. The molecule has 1 aromatic carbocycles. The molecule has 0 aromatic heterocycles. The summed E-state index contributed by atoms with van der Waals surface area (Å²) in [7, 11) is 0. The average molecular weight is 385 g/mol. The number of phenolic OH excluding ortho intramolecular Hbond substituents is 1. The minimum Gasteiger partial charge on any atom is -0.508 e. The zero-order valence-electron chi connectivity index (χ0n) is 17.1. The van der Waals surface area contributed by atoms with Crippen LogP contribution in [-0.2, 0) is 9.53 Å². The highest BCUT2D eigenvalue weighted by Gasteiger charge is 2.29. The summed E-state index contributed by atoms with van der Waals surface area (Å²) < 4.78 is 5.76. The minimum atomic E-state index is -0.535. The van der Waals surface area contributed by atoms with Gasteiger partial charge in [-0.1, -0.05) is 44.2 Å². The third kappa shape index (κ3) is 7.35. The van der Waals surface area contributed by atoms with Gasteiger partial charge < -0.3 is 14.9 Å². The zero-order valence-corrected chi connectivity index (χ0v) is 17.1. The van der Waals surface area contributed by atoms with Crippen LogP contribution in [0.15, 0.2) is 54.1 Å². The first-order chi connectivity index (χ1) is 13.1. The monoisotopic (exact) mass is 384 g/mol. The highest BCUT2D eigenvalue weighted by Crippen LogP contribution is 2.34. The SMILES string of the molecule is C=C1CC/C=C(\C)C[C@H](OC(=O)/C=C/c2ccc(O)cc2)CC(C)(C)C[C@H]1O. The zero-order chi connectivity index (χ0) is 20.7. The molecule has 0 saturated heterocycles. The number of ether oxygens (including phenoxy) is 1. The summed E-state index contributed by atoms with van der Waals surface area (Å²) in [5.41, 5.74) is 2.68. The number of aliphatic hydroxyl groups excluding tert-OH is 1. The van der Waals surface area contributed by atoms with E-state index in [9.17, 15) is 15.0 Å². The highest BCUT2D eigenvalue weighted by molar-refractivity contribution is 5.87. The molecule has 0 bridgehead atoms. The van der Waals surface area contributed by atoms with Gasteiger partial charge in [0.25, 0.3) is 0 Å². The highest BCUT2D eigenvalue weighted by atomic mass is 16.5. The maximum atomic E-state index is 12.4. The molecular weight excluding hydrogens is 352 g/mol. The topological polar surface area (TPSA) is 66.8 Å². The van der Waals surface area contributed by atoms with Gasteiger partial charge in [0.1, 0.15) is 11.9 Å². The number of hydrogen-bond acceptors (Lipinski definition) is 4. The number of esters is 1. The number of carbonyl (C=O) groups excluding carboxylic acids is 1. The molecule has 1 aliphatic carbocycles. The summed E-state index contributed by atoms with van der Waals surface area (Å²) in [4.78, 5) is 12.4.